The largest absolute Gasteiger partial charge is 0.380 e. The number of rotatable bonds is 8. The number of methoxy groups -OCH3 is 1. The Bertz CT molecular complexity index is 590. The van der Waals surface area contributed by atoms with Crippen molar-refractivity contribution in [1.82, 2.24) is 5.32 Å². The molecule has 0 bridgehead atoms. The molecule has 2 rings (SSSR count). The quantitative estimate of drug-likeness (QED) is 0.772. The monoisotopic (exact) mass is 327 g/mol. The number of nitrogens with two attached hydrogens (primary N) is 1. The zero-order chi connectivity index (χ0) is 17.4. The SMILES string of the molecule is CCC[C@H](N)CNC(=O)C1=C[C]=CCC1c1ccc(COC)cc1. The molecule has 0 fully saturated rings. The van der Waals surface area contributed by atoms with E-state index in [0.29, 0.717) is 13.2 Å². The summed E-state index contributed by atoms with van der Waals surface area (Å²) in [6.07, 6.45) is 9.54. The van der Waals surface area contributed by atoms with Crippen LogP contribution in [0.5, 0.6) is 0 Å². The van der Waals surface area contributed by atoms with E-state index in [1.807, 2.05) is 18.2 Å². The van der Waals surface area contributed by atoms with Gasteiger partial charge in [-0.15, -0.1) is 0 Å². The Hall–Kier alpha value is -1.91. The molecular formula is C20H27N2O2. The summed E-state index contributed by atoms with van der Waals surface area (Å²) in [5.41, 5.74) is 8.99. The molecule has 1 aromatic carbocycles. The first-order valence-electron chi connectivity index (χ1n) is 8.55. The van der Waals surface area contributed by atoms with Gasteiger partial charge in [-0.1, -0.05) is 43.7 Å². The van der Waals surface area contributed by atoms with Gasteiger partial charge >= 0.3 is 0 Å². The van der Waals surface area contributed by atoms with E-state index in [1.165, 1.54) is 0 Å². The molecule has 1 aliphatic rings. The highest BCUT2D eigenvalue weighted by Gasteiger charge is 2.23. The van der Waals surface area contributed by atoms with Crippen LogP contribution in [0.25, 0.3) is 0 Å². The number of ether oxygens (including phenoxy) is 1. The van der Waals surface area contributed by atoms with Crippen LogP contribution in [0, 0.1) is 6.08 Å². The Morgan fingerprint density at radius 1 is 1.42 bits per heavy atom. The zero-order valence-corrected chi connectivity index (χ0v) is 14.5. The molecule has 4 nitrogen and oxygen atoms in total. The van der Waals surface area contributed by atoms with Gasteiger partial charge in [0.2, 0.25) is 5.91 Å². The molecule has 0 saturated heterocycles. The fraction of sp³-hybridized carbons (Fsp3) is 0.450. The second-order valence-electron chi connectivity index (χ2n) is 6.19. The minimum absolute atomic E-state index is 0.00874. The first-order valence-corrected chi connectivity index (χ1v) is 8.55. The van der Waals surface area contributed by atoms with Crippen molar-refractivity contribution < 1.29 is 9.53 Å². The summed E-state index contributed by atoms with van der Waals surface area (Å²) in [5.74, 6) is 0.0124. The van der Waals surface area contributed by atoms with Crippen molar-refractivity contribution in [2.75, 3.05) is 13.7 Å². The van der Waals surface area contributed by atoms with Gasteiger partial charge in [0.25, 0.3) is 0 Å². The second-order valence-corrected chi connectivity index (χ2v) is 6.19. The maximum absolute atomic E-state index is 12.6. The van der Waals surface area contributed by atoms with Gasteiger partial charge in [-0.05, 0) is 36.1 Å². The van der Waals surface area contributed by atoms with E-state index in [2.05, 4.69) is 30.4 Å². The van der Waals surface area contributed by atoms with Crippen LogP contribution < -0.4 is 11.1 Å². The van der Waals surface area contributed by atoms with E-state index in [9.17, 15) is 4.79 Å². The molecule has 0 aliphatic heterocycles. The van der Waals surface area contributed by atoms with Crippen molar-refractivity contribution >= 4 is 5.91 Å². The number of benzene rings is 1. The lowest BCUT2D eigenvalue weighted by Gasteiger charge is -2.22. The van der Waals surface area contributed by atoms with Crippen LogP contribution >= 0.6 is 0 Å². The second kappa shape index (κ2) is 9.40. The van der Waals surface area contributed by atoms with Crippen molar-refractivity contribution in [3.05, 3.63) is 59.2 Å². The van der Waals surface area contributed by atoms with Crippen molar-refractivity contribution in [2.24, 2.45) is 5.73 Å². The van der Waals surface area contributed by atoms with Crippen LogP contribution in [0.3, 0.4) is 0 Å². The lowest BCUT2D eigenvalue weighted by molar-refractivity contribution is -0.117. The van der Waals surface area contributed by atoms with Gasteiger partial charge in [-0.2, -0.15) is 0 Å². The summed E-state index contributed by atoms with van der Waals surface area (Å²) < 4.78 is 5.14. The Balaban J connectivity index is 2.05. The van der Waals surface area contributed by atoms with E-state index in [4.69, 9.17) is 10.5 Å². The van der Waals surface area contributed by atoms with E-state index >= 15 is 0 Å². The molecule has 2 atom stereocenters. The van der Waals surface area contributed by atoms with Gasteiger partial charge in [-0.25, -0.2) is 0 Å². The number of hydrogen-bond donors (Lipinski definition) is 2. The molecule has 1 radical (unpaired) electrons. The number of carbonyl (C=O) groups excluding carboxylic acids is 1. The standard InChI is InChI=1S/C20H27N2O2/c1-3-6-17(21)13-22-20(23)19-8-5-4-7-18(19)16-11-9-15(10-12-16)14-24-2/h4,8-12,17-18H,3,6-7,13-14,21H2,1-2H3,(H,22,23)/t17-,18?/m0/s1. The maximum Gasteiger partial charge on any atom is 0.247 e. The van der Waals surface area contributed by atoms with Crippen molar-refractivity contribution in [3.63, 3.8) is 0 Å². The fourth-order valence-electron chi connectivity index (χ4n) is 2.91. The number of nitrogens with one attached hydrogen (secondary N) is 1. The molecule has 0 aromatic heterocycles. The molecular weight excluding hydrogens is 300 g/mol. The molecule has 24 heavy (non-hydrogen) atoms. The minimum Gasteiger partial charge on any atom is -0.380 e. The Kier molecular flexibility index (Phi) is 7.22. The average molecular weight is 327 g/mol. The minimum atomic E-state index is -0.0480. The first kappa shape index (κ1) is 18.4. The van der Waals surface area contributed by atoms with Gasteiger partial charge < -0.3 is 15.8 Å². The van der Waals surface area contributed by atoms with Crippen LogP contribution in [-0.4, -0.2) is 25.6 Å². The third-order valence-corrected chi connectivity index (χ3v) is 4.23. The molecule has 1 aromatic rings. The van der Waals surface area contributed by atoms with Crippen molar-refractivity contribution in [3.8, 4) is 0 Å². The summed E-state index contributed by atoms with van der Waals surface area (Å²) >= 11 is 0. The van der Waals surface area contributed by atoms with Crippen LogP contribution in [0.4, 0.5) is 0 Å². The number of allylic oxidation sites excluding steroid dienone is 3. The van der Waals surface area contributed by atoms with Gasteiger partial charge in [0.1, 0.15) is 0 Å². The normalized spacial score (nSPS) is 18.1. The fourth-order valence-corrected chi connectivity index (χ4v) is 2.91. The average Bonchev–Trinajstić information content (AvgIpc) is 2.61. The summed E-state index contributed by atoms with van der Waals surface area (Å²) in [4.78, 5) is 12.6. The molecule has 1 unspecified atom stereocenters. The topological polar surface area (TPSA) is 64.3 Å². The molecule has 4 heteroatoms. The molecule has 3 N–H and O–H groups in total. The molecule has 1 aliphatic carbocycles. The van der Waals surface area contributed by atoms with Crippen LogP contribution in [0.15, 0.2) is 42.0 Å². The Morgan fingerprint density at radius 3 is 2.83 bits per heavy atom. The molecule has 129 valence electrons. The third-order valence-electron chi connectivity index (χ3n) is 4.23. The van der Waals surface area contributed by atoms with E-state index < -0.39 is 0 Å². The van der Waals surface area contributed by atoms with Crippen LogP contribution in [-0.2, 0) is 16.1 Å². The Labute approximate surface area is 144 Å². The number of hydrogen-bond acceptors (Lipinski definition) is 3. The predicted molar refractivity (Wildman–Crippen MR) is 96.3 cm³/mol. The molecule has 1 amide bonds. The highest BCUT2D eigenvalue weighted by atomic mass is 16.5. The van der Waals surface area contributed by atoms with Crippen LogP contribution in [0.1, 0.15) is 43.2 Å². The lowest BCUT2D eigenvalue weighted by Crippen LogP contribution is -2.38. The third kappa shape index (κ3) is 5.05. The van der Waals surface area contributed by atoms with Crippen molar-refractivity contribution in [1.29, 1.82) is 0 Å². The summed E-state index contributed by atoms with van der Waals surface area (Å²) in [6, 6.07) is 8.25. The van der Waals surface area contributed by atoms with Crippen molar-refractivity contribution in [2.45, 2.75) is 44.8 Å². The zero-order valence-electron chi connectivity index (χ0n) is 14.5. The summed E-state index contributed by atoms with van der Waals surface area (Å²) in [7, 11) is 1.68. The van der Waals surface area contributed by atoms with Gasteiger partial charge in [0, 0.05) is 31.2 Å². The maximum atomic E-state index is 12.6. The first-order chi connectivity index (χ1) is 11.7. The Morgan fingerprint density at radius 2 is 2.17 bits per heavy atom. The van der Waals surface area contributed by atoms with Gasteiger partial charge in [0.15, 0.2) is 0 Å². The van der Waals surface area contributed by atoms with Gasteiger partial charge in [0.05, 0.1) is 6.61 Å². The van der Waals surface area contributed by atoms with Crippen LogP contribution in [0.2, 0.25) is 0 Å². The molecule has 0 heterocycles. The number of carbonyl (C=O) groups is 1. The summed E-state index contributed by atoms with van der Waals surface area (Å²) in [6.45, 7) is 3.19. The lowest BCUT2D eigenvalue weighted by atomic mass is 9.84. The predicted octanol–water partition coefficient (Wildman–Crippen LogP) is 2.85. The molecule has 0 saturated carbocycles. The number of amides is 1. The smallest absolute Gasteiger partial charge is 0.247 e. The summed E-state index contributed by atoms with van der Waals surface area (Å²) in [5, 5.41) is 2.96. The highest BCUT2D eigenvalue weighted by molar-refractivity contribution is 5.95. The molecule has 0 spiro atoms. The highest BCUT2D eigenvalue weighted by Crippen LogP contribution is 2.31. The van der Waals surface area contributed by atoms with E-state index in [-0.39, 0.29) is 17.9 Å². The van der Waals surface area contributed by atoms with Gasteiger partial charge in [-0.3, -0.25) is 4.79 Å². The van der Waals surface area contributed by atoms with E-state index in [1.54, 1.807) is 13.2 Å². The van der Waals surface area contributed by atoms with E-state index in [0.717, 1.165) is 36.0 Å².